The number of rotatable bonds is 76. The molecule has 6 heteroatoms. The zero-order valence-electron chi connectivity index (χ0n) is 59.7. The van der Waals surface area contributed by atoms with Gasteiger partial charge in [0.25, 0.3) is 0 Å². The number of nitrogens with one attached hydrogen (secondary N) is 1. The van der Waals surface area contributed by atoms with Crippen LogP contribution in [0.15, 0.2) is 36.5 Å². The van der Waals surface area contributed by atoms with Crippen LogP contribution in [0.25, 0.3) is 0 Å². The number of ether oxygens (including phenoxy) is 1. The molecule has 0 rings (SSSR count). The SMILES string of the molecule is CCCCC/C=C\C/C=C\CCCCCCCCCC(=O)OCCCCCCCCCCCCCCCCCCCCCCCCCCCCCCCCCCCCCCCC(=O)NC(CO)C(O)/C=C/CCCCCCCCCCCCCCCCC. The Morgan fingerprint density at radius 1 is 0.318 bits per heavy atom. The minimum Gasteiger partial charge on any atom is -0.466 e. The lowest BCUT2D eigenvalue weighted by atomic mass is 10.0. The summed E-state index contributed by atoms with van der Waals surface area (Å²) in [5, 5.41) is 23.2. The highest BCUT2D eigenvalue weighted by molar-refractivity contribution is 5.76. The van der Waals surface area contributed by atoms with Crippen molar-refractivity contribution in [1.82, 2.24) is 5.32 Å². The predicted molar refractivity (Wildman–Crippen MR) is 389 cm³/mol. The average Bonchev–Trinajstić information content (AvgIpc) is 3.58. The number of carbonyl (C=O) groups excluding carboxylic acids is 2. The van der Waals surface area contributed by atoms with Crippen molar-refractivity contribution in [3.63, 3.8) is 0 Å². The number of allylic oxidation sites excluding steroid dienone is 5. The van der Waals surface area contributed by atoms with E-state index in [0.717, 1.165) is 51.4 Å². The summed E-state index contributed by atoms with van der Waals surface area (Å²) in [5.74, 6) is -0.0426. The standard InChI is InChI=1S/C82H157NO5/c1-3-5-7-9-11-13-15-17-19-42-46-50-54-58-62-66-70-74-80(85)79(78-84)83-81(86)75-71-67-63-59-55-51-47-44-40-38-36-34-32-30-28-26-24-22-21-23-25-27-29-31-33-35-37-39-41-45-49-53-57-61-65-69-73-77-88-82(87)76-72-68-64-60-56-52-48-43-20-18-16-14-12-10-8-6-4-2/h12,14,18,20,70,74,79-80,84-85H,3-11,13,15-17,19,21-69,71-73,75-78H2,1-2H3,(H,83,86)/b14-12-,20-18-,74-70+. The highest BCUT2D eigenvalue weighted by atomic mass is 16.5. The van der Waals surface area contributed by atoms with Gasteiger partial charge < -0.3 is 20.3 Å². The third kappa shape index (κ3) is 73.1. The summed E-state index contributed by atoms with van der Waals surface area (Å²) in [6.45, 7) is 4.92. The van der Waals surface area contributed by atoms with E-state index in [0.29, 0.717) is 19.4 Å². The topological polar surface area (TPSA) is 95.9 Å². The van der Waals surface area contributed by atoms with Crippen LogP contribution in [-0.2, 0) is 14.3 Å². The quantitative estimate of drug-likeness (QED) is 0.0320. The Morgan fingerprint density at radius 2 is 0.568 bits per heavy atom. The largest absolute Gasteiger partial charge is 0.466 e. The lowest BCUT2D eigenvalue weighted by Crippen LogP contribution is -2.45. The van der Waals surface area contributed by atoms with Gasteiger partial charge in [-0.25, -0.2) is 0 Å². The van der Waals surface area contributed by atoms with Crippen LogP contribution in [0, 0.1) is 0 Å². The van der Waals surface area contributed by atoms with E-state index in [1.807, 2.05) is 6.08 Å². The molecule has 0 bridgehead atoms. The molecule has 2 atom stereocenters. The van der Waals surface area contributed by atoms with E-state index in [9.17, 15) is 19.8 Å². The Bertz CT molecular complexity index is 1430. The second-order valence-electron chi connectivity index (χ2n) is 27.8. The zero-order valence-corrected chi connectivity index (χ0v) is 59.7. The molecule has 0 fully saturated rings. The predicted octanol–water partition coefficient (Wildman–Crippen LogP) is 26.6. The lowest BCUT2D eigenvalue weighted by molar-refractivity contribution is -0.143. The molecule has 520 valence electrons. The molecule has 88 heavy (non-hydrogen) atoms. The first-order valence-electron chi connectivity index (χ1n) is 40.3. The Hall–Kier alpha value is -1.92. The van der Waals surface area contributed by atoms with Crippen LogP contribution in [0.2, 0.25) is 0 Å². The number of hydrogen-bond donors (Lipinski definition) is 3. The zero-order chi connectivity index (χ0) is 63.5. The van der Waals surface area contributed by atoms with Crippen molar-refractivity contribution in [3.05, 3.63) is 36.5 Å². The fraction of sp³-hybridized carbons (Fsp3) is 0.902. The molecular formula is C82H157NO5. The van der Waals surface area contributed by atoms with Gasteiger partial charge in [0.15, 0.2) is 0 Å². The maximum atomic E-state index is 12.5. The molecule has 0 aliphatic carbocycles. The Labute approximate surface area is 551 Å². The molecule has 0 saturated carbocycles. The summed E-state index contributed by atoms with van der Waals surface area (Å²) >= 11 is 0. The summed E-state index contributed by atoms with van der Waals surface area (Å²) in [6, 6.07) is -0.624. The van der Waals surface area contributed by atoms with Crippen molar-refractivity contribution in [2.24, 2.45) is 0 Å². The van der Waals surface area contributed by atoms with Crippen LogP contribution < -0.4 is 5.32 Å². The van der Waals surface area contributed by atoms with E-state index in [-0.39, 0.29) is 18.5 Å². The molecular weight excluding hydrogens is 1080 g/mol. The van der Waals surface area contributed by atoms with Gasteiger partial charge in [0.1, 0.15) is 0 Å². The van der Waals surface area contributed by atoms with E-state index < -0.39 is 12.1 Å². The number of carbonyl (C=O) groups is 2. The van der Waals surface area contributed by atoms with Crippen LogP contribution in [0.1, 0.15) is 450 Å². The monoisotopic (exact) mass is 1240 g/mol. The van der Waals surface area contributed by atoms with E-state index >= 15 is 0 Å². The summed E-state index contributed by atoms with van der Waals surface area (Å²) < 4.78 is 5.51. The Balaban J connectivity index is 3.31. The van der Waals surface area contributed by atoms with Crippen LogP contribution in [-0.4, -0.2) is 47.4 Å². The van der Waals surface area contributed by atoms with Crippen molar-refractivity contribution in [1.29, 1.82) is 0 Å². The summed E-state index contributed by atoms with van der Waals surface area (Å²) in [5.41, 5.74) is 0. The molecule has 0 aliphatic heterocycles. The highest BCUT2D eigenvalue weighted by Gasteiger charge is 2.18. The minimum atomic E-state index is -0.841. The van der Waals surface area contributed by atoms with Crippen LogP contribution in [0.4, 0.5) is 0 Å². The number of esters is 1. The van der Waals surface area contributed by atoms with Gasteiger partial charge in [0, 0.05) is 12.8 Å². The van der Waals surface area contributed by atoms with E-state index in [1.54, 1.807) is 6.08 Å². The van der Waals surface area contributed by atoms with Gasteiger partial charge >= 0.3 is 5.97 Å². The molecule has 0 saturated heterocycles. The summed E-state index contributed by atoms with van der Waals surface area (Å²) in [7, 11) is 0. The second kappa shape index (κ2) is 77.5. The molecule has 0 aromatic rings. The second-order valence-corrected chi connectivity index (χ2v) is 27.8. The van der Waals surface area contributed by atoms with E-state index in [4.69, 9.17) is 4.74 Å². The molecule has 0 spiro atoms. The smallest absolute Gasteiger partial charge is 0.305 e. The van der Waals surface area contributed by atoms with Crippen molar-refractivity contribution in [3.8, 4) is 0 Å². The van der Waals surface area contributed by atoms with Crippen LogP contribution in [0.3, 0.4) is 0 Å². The number of amides is 1. The molecule has 2 unspecified atom stereocenters. The number of aliphatic hydroxyl groups is 2. The molecule has 0 heterocycles. The third-order valence-corrected chi connectivity index (χ3v) is 18.9. The first kappa shape index (κ1) is 86.1. The van der Waals surface area contributed by atoms with Gasteiger partial charge in [-0.15, -0.1) is 0 Å². The summed E-state index contributed by atoms with van der Waals surface area (Å²) in [6.07, 6.45) is 101. The van der Waals surface area contributed by atoms with Crippen molar-refractivity contribution in [2.45, 2.75) is 463 Å². The number of aliphatic hydroxyl groups excluding tert-OH is 2. The maximum Gasteiger partial charge on any atom is 0.305 e. The molecule has 1 amide bonds. The summed E-state index contributed by atoms with van der Waals surface area (Å²) in [4.78, 5) is 24.6. The van der Waals surface area contributed by atoms with Gasteiger partial charge in [-0.1, -0.05) is 410 Å². The van der Waals surface area contributed by atoms with Crippen molar-refractivity contribution >= 4 is 11.9 Å². The maximum absolute atomic E-state index is 12.5. The lowest BCUT2D eigenvalue weighted by Gasteiger charge is -2.20. The molecule has 0 radical (unpaired) electrons. The van der Waals surface area contributed by atoms with Crippen molar-refractivity contribution < 1.29 is 24.5 Å². The van der Waals surface area contributed by atoms with Crippen LogP contribution >= 0.6 is 0 Å². The first-order valence-corrected chi connectivity index (χ1v) is 40.3. The van der Waals surface area contributed by atoms with Gasteiger partial charge in [-0.05, 0) is 64.2 Å². The number of unbranched alkanes of at least 4 members (excludes halogenated alkanes) is 61. The van der Waals surface area contributed by atoms with Crippen LogP contribution in [0.5, 0.6) is 0 Å². The van der Waals surface area contributed by atoms with E-state index in [1.165, 1.54) is 372 Å². The first-order chi connectivity index (χ1) is 43.5. The molecule has 0 aliphatic rings. The van der Waals surface area contributed by atoms with Gasteiger partial charge in [-0.3, -0.25) is 9.59 Å². The minimum absolute atomic E-state index is 0.0160. The fourth-order valence-electron chi connectivity index (χ4n) is 12.8. The molecule has 3 N–H and O–H groups in total. The Morgan fingerprint density at radius 3 is 0.886 bits per heavy atom. The molecule has 0 aromatic heterocycles. The third-order valence-electron chi connectivity index (χ3n) is 18.9. The molecule has 6 nitrogen and oxygen atoms in total. The normalized spacial score (nSPS) is 12.6. The van der Waals surface area contributed by atoms with Crippen molar-refractivity contribution in [2.75, 3.05) is 13.2 Å². The number of hydrogen-bond acceptors (Lipinski definition) is 5. The molecule has 0 aromatic carbocycles. The van der Waals surface area contributed by atoms with Gasteiger partial charge in [0.05, 0.1) is 25.4 Å². The van der Waals surface area contributed by atoms with E-state index in [2.05, 4.69) is 43.5 Å². The fourth-order valence-corrected chi connectivity index (χ4v) is 12.8. The Kier molecular flexibility index (Phi) is 75.8. The van der Waals surface area contributed by atoms with Gasteiger partial charge in [0.2, 0.25) is 5.91 Å². The highest BCUT2D eigenvalue weighted by Crippen LogP contribution is 2.20. The average molecular weight is 1240 g/mol. The van der Waals surface area contributed by atoms with Gasteiger partial charge in [-0.2, -0.15) is 0 Å².